The molecule has 0 aliphatic rings. The smallest absolute Gasteiger partial charge is 0.242 e. The molecule has 0 fully saturated rings. The lowest BCUT2D eigenvalue weighted by molar-refractivity contribution is -0.123. The maximum Gasteiger partial charge on any atom is 0.242 e. The number of nitrogens with one attached hydrogen (secondary N) is 3. The Balaban J connectivity index is 1.52. The standard InChI is InChI=1S/C25H30N8O3/c1-26-22(34)11-5-3-4-10-20(29-23(35)16-33-13-12-28-32-33)24-27-15-21(30-24)18-14-17-8-6-7-9-19(17)31-25(18)36-2/h6-9,12-15,20H,3-5,10-11,16H2,1-2H3,(H,26,34)(H,27,30)(H,29,35)/t20-/m0/s1. The summed E-state index contributed by atoms with van der Waals surface area (Å²) in [5, 5.41) is 14.3. The topological polar surface area (TPSA) is 140 Å². The maximum absolute atomic E-state index is 12.7. The van der Waals surface area contributed by atoms with E-state index in [2.05, 4.69) is 35.9 Å². The van der Waals surface area contributed by atoms with Gasteiger partial charge in [-0.1, -0.05) is 36.3 Å². The van der Waals surface area contributed by atoms with Crippen molar-refractivity contribution < 1.29 is 14.3 Å². The van der Waals surface area contributed by atoms with Crippen molar-refractivity contribution in [3.8, 4) is 17.1 Å². The normalized spacial score (nSPS) is 11.8. The number of carbonyl (C=O) groups excluding carboxylic acids is 2. The maximum atomic E-state index is 12.7. The SMILES string of the molecule is CNC(=O)CCCCC[C@H](NC(=O)Cn1ccnn1)c1ncc(-c2cc3ccccc3nc2OC)[nH]1. The van der Waals surface area contributed by atoms with Gasteiger partial charge in [0.05, 0.1) is 42.3 Å². The Hall–Kier alpha value is -4.28. The molecule has 4 rings (SSSR count). The molecule has 0 bridgehead atoms. The van der Waals surface area contributed by atoms with Crippen LogP contribution < -0.4 is 15.4 Å². The zero-order valence-corrected chi connectivity index (χ0v) is 20.4. The highest BCUT2D eigenvalue weighted by Gasteiger charge is 2.20. The van der Waals surface area contributed by atoms with E-state index in [9.17, 15) is 9.59 Å². The van der Waals surface area contributed by atoms with Crippen LogP contribution in [0.3, 0.4) is 0 Å². The molecule has 0 saturated carbocycles. The molecular weight excluding hydrogens is 460 g/mol. The van der Waals surface area contributed by atoms with Crippen LogP contribution in [0.5, 0.6) is 5.88 Å². The predicted octanol–water partition coefficient (Wildman–Crippen LogP) is 2.78. The first-order valence-electron chi connectivity index (χ1n) is 11.9. The number of ether oxygens (including phenoxy) is 1. The van der Waals surface area contributed by atoms with E-state index in [-0.39, 0.29) is 24.4 Å². The first-order valence-corrected chi connectivity index (χ1v) is 11.9. The molecule has 0 aliphatic carbocycles. The second kappa shape index (κ2) is 11.9. The lowest BCUT2D eigenvalue weighted by Crippen LogP contribution is -2.32. The first kappa shape index (κ1) is 24.8. The number of unbranched alkanes of at least 4 members (excludes halogenated alkanes) is 2. The summed E-state index contributed by atoms with van der Waals surface area (Å²) >= 11 is 0. The third-order valence-corrected chi connectivity index (χ3v) is 5.89. The van der Waals surface area contributed by atoms with Gasteiger partial charge < -0.3 is 20.4 Å². The zero-order valence-electron chi connectivity index (χ0n) is 20.4. The molecule has 11 nitrogen and oxygen atoms in total. The number of nitrogens with zero attached hydrogens (tertiary/aromatic N) is 5. The van der Waals surface area contributed by atoms with Crippen molar-refractivity contribution in [2.24, 2.45) is 0 Å². The average Bonchev–Trinajstić information content (AvgIpc) is 3.59. The number of para-hydroxylation sites is 1. The second-order valence-electron chi connectivity index (χ2n) is 8.41. The number of H-pyrrole nitrogens is 1. The van der Waals surface area contributed by atoms with Crippen molar-refractivity contribution in [3.63, 3.8) is 0 Å². The van der Waals surface area contributed by atoms with Crippen LogP contribution in [0.15, 0.2) is 48.9 Å². The molecule has 1 aromatic carbocycles. The number of pyridine rings is 1. The molecule has 3 aromatic heterocycles. The molecule has 188 valence electrons. The summed E-state index contributed by atoms with van der Waals surface area (Å²) in [6.45, 7) is 0.0587. The number of rotatable bonds is 12. The number of amides is 2. The summed E-state index contributed by atoms with van der Waals surface area (Å²) in [6.07, 6.45) is 8.50. The monoisotopic (exact) mass is 490 g/mol. The molecule has 2 amide bonds. The third-order valence-electron chi connectivity index (χ3n) is 5.89. The summed E-state index contributed by atoms with van der Waals surface area (Å²) in [7, 11) is 3.22. The number of carbonyl (C=O) groups is 2. The van der Waals surface area contributed by atoms with Crippen LogP contribution in [0.1, 0.15) is 44.0 Å². The fourth-order valence-corrected chi connectivity index (χ4v) is 4.01. The van der Waals surface area contributed by atoms with Gasteiger partial charge in [-0.05, 0) is 25.0 Å². The van der Waals surface area contributed by atoms with Crippen LogP contribution in [0.25, 0.3) is 22.2 Å². The number of methoxy groups -OCH3 is 1. The van der Waals surface area contributed by atoms with Crippen LogP contribution in [0, 0.1) is 0 Å². The summed E-state index contributed by atoms with van der Waals surface area (Å²) < 4.78 is 7.01. The molecule has 4 aromatic rings. The number of hydrogen-bond donors (Lipinski definition) is 3. The highest BCUT2D eigenvalue weighted by Crippen LogP contribution is 2.31. The van der Waals surface area contributed by atoms with Crippen LogP contribution in [-0.2, 0) is 16.1 Å². The van der Waals surface area contributed by atoms with E-state index >= 15 is 0 Å². The number of fused-ring (bicyclic) bond motifs is 1. The van der Waals surface area contributed by atoms with Gasteiger partial charge in [0, 0.05) is 25.1 Å². The van der Waals surface area contributed by atoms with Gasteiger partial charge in [0.1, 0.15) is 12.4 Å². The Morgan fingerprint density at radius 2 is 2.03 bits per heavy atom. The van der Waals surface area contributed by atoms with Gasteiger partial charge in [0.25, 0.3) is 0 Å². The third kappa shape index (κ3) is 6.23. The van der Waals surface area contributed by atoms with Crippen LogP contribution >= 0.6 is 0 Å². The van der Waals surface area contributed by atoms with Crippen molar-refractivity contribution in [1.29, 1.82) is 0 Å². The zero-order chi connectivity index (χ0) is 25.3. The Bertz CT molecular complexity index is 1300. The molecule has 0 unspecified atom stereocenters. The molecule has 0 spiro atoms. The number of aromatic nitrogens is 6. The van der Waals surface area contributed by atoms with E-state index in [0.29, 0.717) is 24.5 Å². The van der Waals surface area contributed by atoms with E-state index in [4.69, 9.17) is 4.74 Å². The molecular formula is C25H30N8O3. The van der Waals surface area contributed by atoms with Gasteiger partial charge in [0.2, 0.25) is 17.7 Å². The first-order chi connectivity index (χ1) is 17.6. The minimum absolute atomic E-state index is 0.0290. The summed E-state index contributed by atoms with van der Waals surface area (Å²) in [5.41, 5.74) is 2.37. The number of benzene rings is 1. The number of aromatic amines is 1. The number of hydrogen-bond acceptors (Lipinski definition) is 7. The van der Waals surface area contributed by atoms with E-state index in [1.807, 2.05) is 30.3 Å². The molecule has 0 aliphatic heterocycles. The molecule has 11 heteroatoms. The van der Waals surface area contributed by atoms with Crippen molar-refractivity contribution in [1.82, 2.24) is 40.6 Å². The Morgan fingerprint density at radius 3 is 2.81 bits per heavy atom. The molecule has 3 heterocycles. The molecule has 1 atom stereocenters. The van der Waals surface area contributed by atoms with Gasteiger partial charge in [-0.15, -0.1) is 5.10 Å². The highest BCUT2D eigenvalue weighted by atomic mass is 16.5. The Kier molecular flexibility index (Phi) is 8.22. The summed E-state index contributed by atoms with van der Waals surface area (Å²) in [5.74, 6) is 0.961. The molecule has 0 radical (unpaired) electrons. The minimum Gasteiger partial charge on any atom is -0.480 e. The molecule has 0 saturated heterocycles. The average molecular weight is 491 g/mol. The van der Waals surface area contributed by atoms with Crippen LogP contribution in [0.4, 0.5) is 0 Å². The molecule has 36 heavy (non-hydrogen) atoms. The minimum atomic E-state index is -0.339. The summed E-state index contributed by atoms with van der Waals surface area (Å²) in [4.78, 5) is 36.8. The van der Waals surface area contributed by atoms with E-state index in [1.54, 1.807) is 26.6 Å². The largest absolute Gasteiger partial charge is 0.480 e. The lowest BCUT2D eigenvalue weighted by atomic mass is 10.1. The van der Waals surface area contributed by atoms with Crippen molar-refractivity contribution in [2.45, 2.75) is 44.7 Å². The van der Waals surface area contributed by atoms with Crippen molar-refractivity contribution in [2.75, 3.05) is 14.2 Å². The van der Waals surface area contributed by atoms with Gasteiger partial charge >= 0.3 is 0 Å². The number of imidazole rings is 1. The second-order valence-corrected chi connectivity index (χ2v) is 8.41. The Morgan fingerprint density at radius 1 is 1.17 bits per heavy atom. The van der Waals surface area contributed by atoms with E-state index in [1.165, 1.54) is 10.9 Å². The fourth-order valence-electron chi connectivity index (χ4n) is 4.01. The highest BCUT2D eigenvalue weighted by molar-refractivity contribution is 5.85. The van der Waals surface area contributed by atoms with Gasteiger partial charge in [-0.2, -0.15) is 0 Å². The van der Waals surface area contributed by atoms with E-state index < -0.39 is 0 Å². The van der Waals surface area contributed by atoms with Crippen LogP contribution in [0.2, 0.25) is 0 Å². The van der Waals surface area contributed by atoms with Crippen molar-refractivity contribution >= 4 is 22.7 Å². The van der Waals surface area contributed by atoms with Gasteiger partial charge in [-0.25, -0.2) is 14.6 Å². The fraction of sp³-hybridized carbons (Fsp3) is 0.360. The van der Waals surface area contributed by atoms with Gasteiger partial charge in [0.15, 0.2) is 0 Å². The van der Waals surface area contributed by atoms with Gasteiger partial charge in [-0.3, -0.25) is 9.59 Å². The predicted molar refractivity (Wildman–Crippen MR) is 134 cm³/mol. The Labute approximate surface area is 208 Å². The molecule has 3 N–H and O–H groups in total. The summed E-state index contributed by atoms with van der Waals surface area (Å²) in [6, 6.07) is 9.50. The van der Waals surface area contributed by atoms with E-state index in [0.717, 1.165) is 41.4 Å². The van der Waals surface area contributed by atoms with Crippen molar-refractivity contribution in [3.05, 3.63) is 54.7 Å². The quantitative estimate of drug-likeness (QED) is 0.259. The lowest BCUT2D eigenvalue weighted by Gasteiger charge is -2.17. The van der Waals surface area contributed by atoms with Crippen LogP contribution in [-0.4, -0.2) is 55.9 Å².